The third kappa shape index (κ3) is 5.02. The number of thioether (sulfide) groups is 1. The second-order valence-corrected chi connectivity index (χ2v) is 8.16. The van der Waals surface area contributed by atoms with E-state index in [0.717, 1.165) is 21.7 Å². The molecule has 0 atom stereocenters. The molecule has 5 rings (SSSR count). The van der Waals surface area contributed by atoms with Crippen LogP contribution in [0.1, 0.15) is 15.9 Å². The van der Waals surface area contributed by atoms with Crippen LogP contribution < -0.4 is 10.1 Å². The molecule has 0 unspecified atom stereocenters. The van der Waals surface area contributed by atoms with Gasteiger partial charge in [-0.15, -0.1) is 11.8 Å². The molecule has 0 fully saturated rings. The van der Waals surface area contributed by atoms with Crippen LogP contribution in [0.5, 0.6) is 11.5 Å². The van der Waals surface area contributed by atoms with Crippen molar-refractivity contribution >= 4 is 34.4 Å². The van der Waals surface area contributed by atoms with E-state index in [1.807, 2.05) is 66.7 Å². The molecule has 2 heterocycles. The topological polar surface area (TPSA) is 92.8 Å². The Kier molecular flexibility index (Phi) is 5.99. The lowest BCUT2D eigenvalue weighted by Crippen LogP contribution is -2.12. The number of hydrogen-bond donors (Lipinski definition) is 2. The van der Waals surface area contributed by atoms with Crippen molar-refractivity contribution in [1.29, 1.82) is 0 Å². The van der Waals surface area contributed by atoms with Gasteiger partial charge in [0.05, 0.1) is 11.6 Å². The van der Waals surface area contributed by atoms with Crippen molar-refractivity contribution in [3.63, 3.8) is 0 Å². The molecule has 0 saturated heterocycles. The van der Waals surface area contributed by atoms with E-state index in [1.54, 1.807) is 30.1 Å². The summed E-state index contributed by atoms with van der Waals surface area (Å²) in [5.74, 6) is 1.87. The lowest BCUT2D eigenvalue weighted by molar-refractivity contribution is 0.102. The average molecular weight is 454 g/mol. The maximum absolute atomic E-state index is 12.9. The zero-order valence-corrected chi connectivity index (χ0v) is 18.3. The van der Waals surface area contributed by atoms with Crippen molar-refractivity contribution in [3.8, 4) is 11.5 Å². The van der Waals surface area contributed by atoms with Crippen molar-refractivity contribution in [3.05, 3.63) is 103 Å². The fourth-order valence-electron chi connectivity index (χ4n) is 3.28. The number of ether oxygens (including phenoxy) is 1. The molecule has 2 aromatic heterocycles. The van der Waals surface area contributed by atoms with Gasteiger partial charge >= 0.3 is 0 Å². The Bertz CT molecular complexity index is 1400. The summed E-state index contributed by atoms with van der Waals surface area (Å²) < 4.78 is 5.85. The van der Waals surface area contributed by atoms with Crippen molar-refractivity contribution in [2.45, 2.75) is 10.8 Å². The van der Waals surface area contributed by atoms with E-state index >= 15 is 0 Å². The number of para-hydroxylation sites is 1. The highest BCUT2D eigenvalue weighted by molar-refractivity contribution is 7.98. The first-order chi connectivity index (χ1) is 16.2. The first-order valence-corrected chi connectivity index (χ1v) is 11.2. The Balaban J connectivity index is 1.25. The predicted octanol–water partition coefficient (Wildman–Crippen LogP) is 5.69. The second-order valence-electron chi connectivity index (χ2n) is 7.20. The maximum Gasteiger partial charge on any atom is 0.255 e. The van der Waals surface area contributed by atoms with Gasteiger partial charge in [0.25, 0.3) is 5.91 Å². The maximum atomic E-state index is 12.9. The number of benzene rings is 3. The summed E-state index contributed by atoms with van der Waals surface area (Å²) in [5, 5.41) is 11.5. The van der Waals surface area contributed by atoms with Crippen LogP contribution in [0.4, 0.5) is 5.69 Å². The lowest BCUT2D eigenvalue weighted by atomic mass is 10.1. The van der Waals surface area contributed by atoms with Gasteiger partial charge in [0.2, 0.25) is 0 Å². The van der Waals surface area contributed by atoms with E-state index in [-0.39, 0.29) is 5.91 Å². The number of amides is 1. The van der Waals surface area contributed by atoms with Gasteiger partial charge in [0.1, 0.15) is 22.9 Å². The third-order valence-electron chi connectivity index (χ3n) is 4.85. The number of aromatic nitrogens is 4. The van der Waals surface area contributed by atoms with Crippen LogP contribution in [0.25, 0.3) is 11.0 Å². The monoisotopic (exact) mass is 453 g/mol. The first kappa shape index (κ1) is 20.7. The second kappa shape index (κ2) is 9.54. The largest absolute Gasteiger partial charge is 0.457 e. The van der Waals surface area contributed by atoms with E-state index in [0.29, 0.717) is 28.4 Å². The van der Waals surface area contributed by atoms with Gasteiger partial charge < -0.3 is 10.1 Å². The fourth-order valence-corrected chi connectivity index (χ4v) is 4.19. The SMILES string of the molecule is O=C(Nc1cccc(Oc2ccccc2)c1)c1cccc(CSc2ncnc3[nH]ncc23)c1. The molecule has 0 saturated carbocycles. The van der Waals surface area contributed by atoms with Gasteiger partial charge in [-0.1, -0.05) is 36.4 Å². The van der Waals surface area contributed by atoms with Crippen LogP contribution in [0, 0.1) is 0 Å². The molecule has 0 spiro atoms. The summed E-state index contributed by atoms with van der Waals surface area (Å²) in [6, 6.07) is 24.4. The summed E-state index contributed by atoms with van der Waals surface area (Å²) in [5.41, 5.74) is 2.97. The molecule has 162 valence electrons. The van der Waals surface area contributed by atoms with Gasteiger partial charge in [0.15, 0.2) is 5.65 Å². The standard InChI is InChI=1S/C25H19N5O2S/c31-24(29-19-8-5-11-21(13-19)32-20-9-2-1-3-10-20)18-7-4-6-17(12-18)15-33-25-22-14-28-30-23(22)26-16-27-25/h1-14,16H,15H2,(H,29,31)(H,26,27,28,30). The van der Waals surface area contributed by atoms with E-state index in [4.69, 9.17) is 4.74 Å². The van der Waals surface area contributed by atoms with E-state index in [9.17, 15) is 4.79 Å². The molecule has 5 aromatic rings. The van der Waals surface area contributed by atoms with Crippen molar-refractivity contribution in [1.82, 2.24) is 20.2 Å². The molecule has 0 bridgehead atoms. The number of nitrogens with zero attached hydrogens (tertiary/aromatic N) is 3. The summed E-state index contributed by atoms with van der Waals surface area (Å²) in [6.07, 6.45) is 3.24. The van der Waals surface area contributed by atoms with Crippen molar-refractivity contribution in [2.75, 3.05) is 5.32 Å². The van der Waals surface area contributed by atoms with E-state index in [2.05, 4.69) is 25.5 Å². The highest BCUT2D eigenvalue weighted by Crippen LogP contribution is 2.27. The molecule has 8 heteroatoms. The Morgan fingerprint density at radius 3 is 2.70 bits per heavy atom. The van der Waals surface area contributed by atoms with Crippen LogP contribution >= 0.6 is 11.8 Å². The van der Waals surface area contributed by atoms with E-state index in [1.165, 1.54) is 6.33 Å². The summed E-state index contributed by atoms with van der Waals surface area (Å²) >= 11 is 1.58. The van der Waals surface area contributed by atoms with Crippen LogP contribution in [0.2, 0.25) is 0 Å². The van der Waals surface area contributed by atoms with Crippen LogP contribution in [0.3, 0.4) is 0 Å². The first-order valence-electron chi connectivity index (χ1n) is 10.2. The Hall–Kier alpha value is -4.17. The number of aromatic amines is 1. The number of rotatable bonds is 7. The molecule has 0 aliphatic rings. The number of carbonyl (C=O) groups excluding carboxylic acids is 1. The number of anilines is 1. The number of nitrogens with one attached hydrogen (secondary N) is 2. The number of fused-ring (bicyclic) bond motifs is 1. The van der Waals surface area contributed by atoms with Gasteiger partial charge in [0, 0.05) is 23.1 Å². The fraction of sp³-hybridized carbons (Fsp3) is 0.0400. The van der Waals surface area contributed by atoms with Crippen LogP contribution in [-0.2, 0) is 5.75 Å². The molecule has 0 aliphatic carbocycles. The number of H-pyrrole nitrogens is 1. The molecule has 0 radical (unpaired) electrons. The quantitative estimate of drug-likeness (QED) is 0.243. The van der Waals surface area contributed by atoms with Gasteiger partial charge in [-0.25, -0.2) is 9.97 Å². The summed E-state index contributed by atoms with van der Waals surface area (Å²) in [7, 11) is 0. The predicted molar refractivity (Wildman–Crippen MR) is 129 cm³/mol. The molecule has 7 nitrogen and oxygen atoms in total. The van der Waals surface area contributed by atoms with Crippen molar-refractivity contribution in [2.24, 2.45) is 0 Å². The molecule has 33 heavy (non-hydrogen) atoms. The Labute approximate surface area is 194 Å². The Morgan fingerprint density at radius 1 is 0.939 bits per heavy atom. The van der Waals surface area contributed by atoms with Gasteiger partial charge in [-0.05, 0) is 42.0 Å². The van der Waals surface area contributed by atoms with Gasteiger partial charge in [-0.3, -0.25) is 9.89 Å². The number of carbonyl (C=O) groups is 1. The molecule has 1 amide bonds. The molecule has 2 N–H and O–H groups in total. The van der Waals surface area contributed by atoms with Gasteiger partial charge in [-0.2, -0.15) is 5.10 Å². The summed E-state index contributed by atoms with van der Waals surface area (Å²) in [6.45, 7) is 0. The molecule has 3 aromatic carbocycles. The highest BCUT2D eigenvalue weighted by atomic mass is 32.2. The minimum atomic E-state index is -0.182. The molecule has 0 aliphatic heterocycles. The average Bonchev–Trinajstić information content (AvgIpc) is 3.33. The minimum Gasteiger partial charge on any atom is -0.457 e. The zero-order chi connectivity index (χ0) is 22.5. The van der Waals surface area contributed by atoms with Crippen LogP contribution in [-0.4, -0.2) is 26.1 Å². The van der Waals surface area contributed by atoms with E-state index < -0.39 is 0 Å². The summed E-state index contributed by atoms with van der Waals surface area (Å²) in [4.78, 5) is 21.4. The Morgan fingerprint density at radius 2 is 1.79 bits per heavy atom. The minimum absolute atomic E-state index is 0.182. The molecular formula is C25H19N5O2S. The highest BCUT2D eigenvalue weighted by Gasteiger charge is 2.10. The smallest absolute Gasteiger partial charge is 0.255 e. The lowest BCUT2D eigenvalue weighted by Gasteiger charge is -2.10. The van der Waals surface area contributed by atoms with Crippen LogP contribution in [0.15, 0.2) is 96.4 Å². The zero-order valence-electron chi connectivity index (χ0n) is 17.4. The number of hydrogen-bond acceptors (Lipinski definition) is 6. The third-order valence-corrected chi connectivity index (χ3v) is 5.92. The van der Waals surface area contributed by atoms with Crippen molar-refractivity contribution < 1.29 is 9.53 Å². The normalized spacial score (nSPS) is 10.8. The molecular weight excluding hydrogens is 434 g/mol.